The van der Waals surface area contributed by atoms with Gasteiger partial charge in [-0.05, 0) is 19.9 Å². The molecule has 0 aliphatic rings. The van der Waals surface area contributed by atoms with Gasteiger partial charge in [0.15, 0.2) is 0 Å². The molecule has 0 aromatic carbocycles. The molecule has 0 fully saturated rings. The summed E-state index contributed by atoms with van der Waals surface area (Å²) in [5, 5.41) is 17.8. The maximum Gasteiger partial charge on any atom is 0.276 e. The van der Waals surface area contributed by atoms with E-state index in [0.29, 0.717) is 17.1 Å². The minimum atomic E-state index is -0.391. The van der Waals surface area contributed by atoms with Crippen LogP contribution in [0.1, 0.15) is 32.4 Å². The van der Waals surface area contributed by atoms with Crippen LogP contribution in [0.15, 0.2) is 18.5 Å². The lowest BCUT2D eigenvalue weighted by Crippen LogP contribution is -2.21. The van der Waals surface area contributed by atoms with Gasteiger partial charge >= 0.3 is 0 Å². The Hall–Kier alpha value is -3.43. The fourth-order valence-electron chi connectivity index (χ4n) is 2.61. The summed E-state index contributed by atoms with van der Waals surface area (Å²) in [6, 6.07) is 1.67. The van der Waals surface area contributed by atoms with Crippen molar-refractivity contribution >= 4 is 23.2 Å². The summed E-state index contributed by atoms with van der Waals surface area (Å²) in [5.41, 5.74) is 3.08. The van der Waals surface area contributed by atoms with Crippen LogP contribution in [0.4, 0.5) is 11.4 Å². The predicted octanol–water partition coefficient (Wildman–Crippen LogP) is 1.01. The molecule has 0 aliphatic heterocycles. The smallest absolute Gasteiger partial charge is 0.276 e. The number of carbonyl (C=O) groups excluding carboxylic acids is 2. The first-order chi connectivity index (χ1) is 12.3. The van der Waals surface area contributed by atoms with Crippen molar-refractivity contribution < 1.29 is 9.59 Å². The quantitative estimate of drug-likeness (QED) is 0.724. The number of hydrogen-bond acceptors (Lipinski definition) is 5. The lowest BCUT2D eigenvalue weighted by Gasteiger charge is -2.09. The van der Waals surface area contributed by atoms with Crippen LogP contribution in [0.25, 0.3) is 0 Å². The van der Waals surface area contributed by atoms with Crippen molar-refractivity contribution in [1.29, 1.82) is 0 Å². The molecule has 0 bridgehead atoms. The Kier molecular flexibility index (Phi) is 4.33. The van der Waals surface area contributed by atoms with Gasteiger partial charge in [0, 0.05) is 21.1 Å². The van der Waals surface area contributed by atoms with Gasteiger partial charge in [-0.1, -0.05) is 0 Å². The minimum Gasteiger partial charge on any atom is -0.318 e. The van der Waals surface area contributed by atoms with E-state index in [1.807, 2.05) is 6.92 Å². The molecule has 26 heavy (non-hydrogen) atoms. The molecular weight excluding hydrogens is 336 g/mol. The highest BCUT2D eigenvalue weighted by molar-refractivity contribution is 6.11. The van der Waals surface area contributed by atoms with Crippen molar-refractivity contribution in [2.75, 3.05) is 10.6 Å². The molecule has 10 heteroatoms. The zero-order chi connectivity index (χ0) is 19.0. The van der Waals surface area contributed by atoms with Gasteiger partial charge in [-0.3, -0.25) is 23.6 Å². The summed E-state index contributed by atoms with van der Waals surface area (Å²) in [6.45, 7) is 3.65. The molecule has 2 N–H and O–H groups in total. The monoisotopic (exact) mass is 356 g/mol. The fraction of sp³-hybridized carbons (Fsp3) is 0.312. The van der Waals surface area contributed by atoms with E-state index in [-0.39, 0.29) is 11.6 Å². The van der Waals surface area contributed by atoms with Gasteiger partial charge in [0.05, 0.1) is 35.2 Å². The van der Waals surface area contributed by atoms with Crippen LogP contribution in [0.3, 0.4) is 0 Å². The Morgan fingerprint density at radius 2 is 1.50 bits per heavy atom. The van der Waals surface area contributed by atoms with Gasteiger partial charge < -0.3 is 10.6 Å². The topological polar surface area (TPSA) is 112 Å². The zero-order valence-electron chi connectivity index (χ0n) is 15.2. The molecule has 3 aromatic rings. The number of aromatic nitrogens is 6. The largest absolute Gasteiger partial charge is 0.318 e. The van der Waals surface area contributed by atoms with Crippen molar-refractivity contribution in [3.05, 3.63) is 41.2 Å². The molecule has 0 saturated carbocycles. The molecule has 2 amide bonds. The van der Waals surface area contributed by atoms with Crippen molar-refractivity contribution in [3.8, 4) is 0 Å². The summed E-state index contributed by atoms with van der Waals surface area (Å²) < 4.78 is 4.55. The number of nitrogens with one attached hydrogen (secondary N) is 2. The van der Waals surface area contributed by atoms with Crippen molar-refractivity contribution in [3.63, 3.8) is 0 Å². The lowest BCUT2D eigenvalue weighted by atomic mass is 10.3. The molecule has 0 radical (unpaired) electrons. The number of hydrogen-bond donors (Lipinski definition) is 2. The van der Waals surface area contributed by atoms with Gasteiger partial charge in [0.1, 0.15) is 11.4 Å². The number of aryl methyl sites for hydroxylation is 4. The molecule has 0 saturated heterocycles. The van der Waals surface area contributed by atoms with E-state index in [9.17, 15) is 9.59 Å². The maximum absolute atomic E-state index is 12.7. The SMILES string of the molecule is Cc1cc(C(=O)Nc2cnn(C)c2C(=O)Nc2cnn(C)c2C)n(C)n1. The third-order valence-corrected chi connectivity index (χ3v) is 4.12. The second-order valence-corrected chi connectivity index (χ2v) is 6.00. The average Bonchev–Trinajstić information content (AvgIpc) is 3.20. The van der Waals surface area contributed by atoms with Crippen LogP contribution in [0.5, 0.6) is 0 Å². The Bertz CT molecular complexity index is 994. The Labute approximate surface area is 149 Å². The third kappa shape index (κ3) is 3.08. The van der Waals surface area contributed by atoms with Crippen LogP contribution in [0.2, 0.25) is 0 Å². The molecule has 3 heterocycles. The Morgan fingerprint density at radius 3 is 2.08 bits per heavy atom. The molecule has 3 rings (SSSR count). The summed E-state index contributed by atoms with van der Waals surface area (Å²) in [5.74, 6) is -0.759. The van der Waals surface area contributed by atoms with E-state index in [0.717, 1.165) is 11.4 Å². The molecule has 3 aromatic heterocycles. The van der Waals surface area contributed by atoms with Crippen molar-refractivity contribution in [1.82, 2.24) is 29.3 Å². The first-order valence-electron chi connectivity index (χ1n) is 7.92. The van der Waals surface area contributed by atoms with E-state index in [1.54, 1.807) is 45.0 Å². The summed E-state index contributed by atoms with van der Waals surface area (Å²) in [6.07, 6.45) is 3.01. The van der Waals surface area contributed by atoms with Crippen LogP contribution < -0.4 is 10.6 Å². The third-order valence-electron chi connectivity index (χ3n) is 4.12. The highest BCUT2D eigenvalue weighted by Crippen LogP contribution is 2.19. The van der Waals surface area contributed by atoms with Gasteiger partial charge in [-0.25, -0.2) is 0 Å². The predicted molar refractivity (Wildman–Crippen MR) is 95.0 cm³/mol. The average molecular weight is 356 g/mol. The Balaban J connectivity index is 1.84. The minimum absolute atomic E-state index is 0.237. The first kappa shape index (κ1) is 17.4. The van der Waals surface area contributed by atoms with Crippen molar-refractivity contribution in [2.45, 2.75) is 13.8 Å². The van der Waals surface area contributed by atoms with Crippen LogP contribution in [-0.4, -0.2) is 41.2 Å². The van der Waals surface area contributed by atoms with E-state index in [2.05, 4.69) is 25.9 Å². The molecule has 0 aliphatic carbocycles. The van der Waals surface area contributed by atoms with E-state index in [4.69, 9.17) is 0 Å². The standard InChI is InChI=1S/C16H20N8O2/c1-9-6-13(23(4)21-9)15(25)20-12-8-18-24(5)14(12)16(26)19-11-7-17-22(3)10(11)2/h6-8H,1-5H3,(H,19,26)(H,20,25). The highest BCUT2D eigenvalue weighted by atomic mass is 16.2. The summed E-state index contributed by atoms with van der Waals surface area (Å²) in [7, 11) is 5.11. The second kappa shape index (κ2) is 6.47. The van der Waals surface area contributed by atoms with Crippen LogP contribution in [0, 0.1) is 13.8 Å². The number of anilines is 2. The number of nitrogens with zero attached hydrogens (tertiary/aromatic N) is 6. The molecule has 0 unspecified atom stereocenters. The molecular formula is C16H20N8O2. The molecule has 0 atom stereocenters. The number of rotatable bonds is 4. The fourth-order valence-corrected chi connectivity index (χ4v) is 2.61. The molecule has 10 nitrogen and oxygen atoms in total. The summed E-state index contributed by atoms with van der Waals surface area (Å²) >= 11 is 0. The van der Waals surface area contributed by atoms with Gasteiger partial charge in [0.25, 0.3) is 11.8 Å². The zero-order valence-corrected chi connectivity index (χ0v) is 15.2. The Morgan fingerprint density at radius 1 is 0.885 bits per heavy atom. The van der Waals surface area contributed by atoms with Gasteiger partial charge in [0.2, 0.25) is 0 Å². The van der Waals surface area contributed by atoms with Gasteiger partial charge in [-0.2, -0.15) is 15.3 Å². The molecule has 136 valence electrons. The number of amides is 2. The van der Waals surface area contributed by atoms with E-state index >= 15 is 0 Å². The van der Waals surface area contributed by atoms with Crippen LogP contribution in [-0.2, 0) is 21.1 Å². The first-order valence-corrected chi connectivity index (χ1v) is 7.92. The van der Waals surface area contributed by atoms with Crippen molar-refractivity contribution in [2.24, 2.45) is 21.1 Å². The second-order valence-electron chi connectivity index (χ2n) is 6.00. The lowest BCUT2D eigenvalue weighted by molar-refractivity contribution is 0.101. The summed E-state index contributed by atoms with van der Waals surface area (Å²) in [4.78, 5) is 25.2. The highest BCUT2D eigenvalue weighted by Gasteiger charge is 2.21. The van der Waals surface area contributed by atoms with Gasteiger partial charge in [-0.15, -0.1) is 0 Å². The van der Waals surface area contributed by atoms with E-state index in [1.165, 1.54) is 15.6 Å². The van der Waals surface area contributed by atoms with E-state index < -0.39 is 5.91 Å². The maximum atomic E-state index is 12.7. The number of carbonyl (C=O) groups is 2. The normalized spacial score (nSPS) is 10.8. The molecule has 0 spiro atoms. The van der Waals surface area contributed by atoms with Crippen LogP contribution >= 0.6 is 0 Å².